The van der Waals surface area contributed by atoms with E-state index in [4.69, 9.17) is 4.74 Å². The smallest absolute Gasteiger partial charge is 0.123 e. The van der Waals surface area contributed by atoms with Gasteiger partial charge in [0.2, 0.25) is 0 Å². The van der Waals surface area contributed by atoms with Crippen molar-refractivity contribution < 1.29 is 4.74 Å². The van der Waals surface area contributed by atoms with Gasteiger partial charge >= 0.3 is 0 Å². The molecule has 0 amide bonds. The van der Waals surface area contributed by atoms with Gasteiger partial charge < -0.3 is 10.1 Å². The Morgan fingerprint density at radius 1 is 1.29 bits per heavy atom. The van der Waals surface area contributed by atoms with Crippen molar-refractivity contribution in [2.24, 2.45) is 0 Å². The van der Waals surface area contributed by atoms with Crippen LogP contribution < -0.4 is 10.1 Å². The summed E-state index contributed by atoms with van der Waals surface area (Å²) in [5, 5.41) is 5.48. The molecule has 0 radical (unpaired) electrons. The molecule has 3 heteroatoms. The molecule has 17 heavy (non-hydrogen) atoms. The topological polar surface area (TPSA) is 21.3 Å². The normalized spacial score (nSPS) is 19.7. The van der Waals surface area contributed by atoms with E-state index in [2.05, 4.69) is 41.0 Å². The van der Waals surface area contributed by atoms with Crippen molar-refractivity contribution in [3.63, 3.8) is 0 Å². The van der Waals surface area contributed by atoms with Crippen LogP contribution in [0.4, 0.5) is 0 Å². The minimum Gasteiger partial charge on any atom is -0.488 e. The van der Waals surface area contributed by atoms with Gasteiger partial charge in [-0.2, -0.15) is 0 Å². The molecular formula is C14H15NOS. The molecule has 88 valence electrons. The highest BCUT2D eigenvalue weighted by molar-refractivity contribution is 7.10. The van der Waals surface area contributed by atoms with Crippen molar-refractivity contribution in [2.75, 3.05) is 7.05 Å². The molecule has 2 atom stereocenters. The van der Waals surface area contributed by atoms with Crippen molar-refractivity contribution in [2.45, 2.75) is 18.6 Å². The molecule has 1 aliphatic heterocycles. The van der Waals surface area contributed by atoms with Gasteiger partial charge in [0.15, 0.2) is 0 Å². The third kappa shape index (κ3) is 1.96. The number of fused-ring (bicyclic) bond motifs is 1. The summed E-state index contributed by atoms with van der Waals surface area (Å²) in [6.45, 7) is 0. The van der Waals surface area contributed by atoms with E-state index >= 15 is 0 Å². The van der Waals surface area contributed by atoms with Crippen molar-refractivity contribution in [3.8, 4) is 5.75 Å². The molecule has 0 saturated carbocycles. The van der Waals surface area contributed by atoms with Gasteiger partial charge in [-0.1, -0.05) is 24.3 Å². The fraction of sp³-hybridized carbons (Fsp3) is 0.286. The van der Waals surface area contributed by atoms with E-state index in [9.17, 15) is 0 Å². The van der Waals surface area contributed by atoms with Crippen LogP contribution in [0.2, 0.25) is 0 Å². The number of hydrogen-bond acceptors (Lipinski definition) is 3. The second kappa shape index (κ2) is 4.51. The number of thiophene rings is 1. The van der Waals surface area contributed by atoms with Crippen molar-refractivity contribution in [3.05, 3.63) is 52.2 Å². The molecule has 1 aliphatic rings. The van der Waals surface area contributed by atoms with E-state index in [0.29, 0.717) is 0 Å². The highest BCUT2D eigenvalue weighted by Gasteiger charge is 2.30. The van der Waals surface area contributed by atoms with Crippen LogP contribution in [0.1, 0.15) is 16.5 Å². The number of rotatable bonds is 3. The third-order valence-electron chi connectivity index (χ3n) is 3.20. The first-order valence-electron chi connectivity index (χ1n) is 5.83. The summed E-state index contributed by atoms with van der Waals surface area (Å²) < 4.78 is 6.03. The Labute approximate surface area is 105 Å². The standard InChI is InChI=1S/C14H15NOS/c1-15-14(13-7-4-8-17-13)12-9-10-5-2-3-6-11(10)16-12/h2-8,12,14-15H,9H2,1H3. The van der Waals surface area contributed by atoms with Crippen LogP contribution >= 0.6 is 11.3 Å². The summed E-state index contributed by atoms with van der Waals surface area (Å²) in [4.78, 5) is 1.34. The average molecular weight is 245 g/mol. The lowest BCUT2D eigenvalue weighted by molar-refractivity contribution is 0.185. The molecule has 3 rings (SSSR count). The van der Waals surface area contributed by atoms with Gasteiger partial charge in [0, 0.05) is 11.3 Å². The summed E-state index contributed by atoms with van der Waals surface area (Å²) >= 11 is 1.78. The molecule has 1 aromatic heterocycles. The van der Waals surface area contributed by atoms with Crippen LogP contribution in [0.15, 0.2) is 41.8 Å². The Bertz CT molecular complexity index is 470. The van der Waals surface area contributed by atoms with E-state index in [1.165, 1.54) is 10.4 Å². The molecule has 2 heterocycles. The van der Waals surface area contributed by atoms with Gasteiger partial charge in [-0.3, -0.25) is 0 Å². The number of para-hydroxylation sites is 1. The zero-order valence-corrected chi connectivity index (χ0v) is 10.5. The fourth-order valence-corrected chi connectivity index (χ4v) is 3.26. The van der Waals surface area contributed by atoms with Crippen LogP contribution in [-0.4, -0.2) is 13.2 Å². The van der Waals surface area contributed by atoms with Gasteiger partial charge in [-0.25, -0.2) is 0 Å². The zero-order chi connectivity index (χ0) is 11.7. The minimum atomic E-state index is 0.205. The quantitative estimate of drug-likeness (QED) is 0.897. The predicted molar refractivity (Wildman–Crippen MR) is 70.7 cm³/mol. The van der Waals surface area contributed by atoms with Crippen LogP contribution in [-0.2, 0) is 6.42 Å². The highest BCUT2D eigenvalue weighted by Crippen LogP contribution is 2.34. The van der Waals surface area contributed by atoms with Crippen molar-refractivity contribution in [1.29, 1.82) is 0 Å². The van der Waals surface area contributed by atoms with E-state index < -0.39 is 0 Å². The predicted octanol–water partition coefficient (Wildman–Crippen LogP) is 3.01. The van der Waals surface area contributed by atoms with Gasteiger partial charge in [0.05, 0.1) is 6.04 Å². The molecule has 1 aromatic carbocycles. The SMILES string of the molecule is CNC(c1cccs1)C1Cc2ccccc2O1. The fourth-order valence-electron chi connectivity index (χ4n) is 2.37. The monoisotopic (exact) mass is 245 g/mol. The van der Waals surface area contributed by atoms with Gasteiger partial charge in [-0.15, -0.1) is 11.3 Å². The first-order chi connectivity index (χ1) is 8.38. The summed E-state index contributed by atoms with van der Waals surface area (Å²) in [5.74, 6) is 1.04. The first-order valence-corrected chi connectivity index (χ1v) is 6.71. The largest absolute Gasteiger partial charge is 0.488 e. The molecule has 0 saturated heterocycles. The summed E-state index contributed by atoms with van der Waals surface area (Å²) in [6, 6.07) is 12.8. The third-order valence-corrected chi connectivity index (χ3v) is 4.16. The van der Waals surface area contributed by atoms with Gasteiger partial charge in [0.25, 0.3) is 0 Å². The Hall–Kier alpha value is -1.32. The maximum absolute atomic E-state index is 6.03. The molecule has 0 aliphatic carbocycles. The average Bonchev–Trinajstić information content (AvgIpc) is 2.98. The van der Waals surface area contributed by atoms with E-state index in [-0.39, 0.29) is 12.1 Å². The second-order valence-electron chi connectivity index (χ2n) is 4.25. The Balaban J connectivity index is 1.83. The molecule has 2 unspecified atom stereocenters. The van der Waals surface area contributed by atoms with Crippen LogP contribution in [0.25, 0.3) is 0 Å². The summed E-state index contributed by atoms with van der Waals surface area (Å²) in [6.07, 6.45) is 1.19. The van der Waals surface area contributed by atoms with E-state index in [1.807, 2.05) is 13.1 Å². The van der Waals surface area contributed by atoms with E-state index in [0.717, 1.165) is 12.2 Å². The molecule has 2 aromatic rings. The molecule has 2 nitrogen and oxygen atoms in total. The van der Waals surface area contributed by atoms with Gasteiger partial charge in [0.1, 0.15) is 11.9 Å². The van der Waals surface area contributed by atoms with Crippen LogP contribution in [0.3, 0.4) is 0 Å². The Morgan fingerprint density at radius 3 is 2.88 bits per heavy atom. The van der Waals surface area contributed by atoms with Crippen LogP contribution in [0.5, 0.6) is 5.75 Å². The summed E-state index contributed by atoms with van der Waals surface area (Å²) in [7, 11) is 2.00. The number of benzene rings is 1. The van der Waals surface area contributed by atoms with Crippen molar-refractivity contribution in [1.82, 2.24) is 5.32 Å². The molecular weight excluding hydrogens is 230 g/mol. The highest BCUT2D eigenvalue weighted by atomic mass is 32.1. The van der Waals surface area contributed by atoms with Gasteiger partial charge in [-0.05, 0) is 30.1 Å². The lowest BCUT2D eigenvalue weighted by Crippen LogP contribution is -2.32. The number of hydrogen-bond donors (Lipinski definition) is 1. The molecule has 0 fully saturated rings. The lowest BCUT2D eigenvalue weighted by atomic mass is 10.0. The maximum atomic E-state index is 6.03. The summed E-state index contributed by atoms with van der Waals surface area (Å²) in [5.41, 5.74) is 1.31. The van der Waals surface area contributed by atoms with E-state index in [1.54, 1.807) is 11.3 Å². The maximum Gasteiger partial charge on any atom is 0.123 e. The van der Waals surface area contributed by atoms with Crippen LogP contribution in [0, 0.1) is 0 Å². The lowest BCUT2D eigenvalue weighted by Gasteiger charge is -2.21. The number of nitrogens with one attached hydrogen (secondary N) is 1. The Morgan fingerprint density at radius 2 is 2.18 bits per heavy atom. The van der Waals surface area contributed by atoms with Crippen molar-refractivity contribution >= 4 is 11.3 Å². The minimum absolute atomic E-state index is 0.205. The Kier molecular flexibility index (Phi) is 2.87. The first kappa shape index (κ1) is 10.8. The molecule has 1 N–H and O–H groups in total. The zero-order valence-electron chi connectivity index (χ0n) is 9.72. The molecule has 0 spiro atoms. The molecule has 0 bridgehead atoms. The number of ether oxygens (including phenoxy) is 1. The second-order valence-corrected chi connectivity index (χ2v) is 5.23. The number of likely N-dealkylation sites (N-methyl/N-ethyl adjacent to an activating group) is 1.